The molecule has 0 aromatic carbocycles. The second-order valence-electron chi connectivity index (χ2n) is 3.62. The van der Waals surface area contributed by atoms with E-state index in [1.54, 1.807) is 13.0 Å². The first kappa shape index (κ1) is 13.5. The Labute approximate surface area is 106 Å². The topological polar surface area (TPSA) is 69.2 Å². The smallest absolute Gasteiger partial charge is 0.374 e. The maximum Gasteiger partial charge on any atom is 0.534 e. The van der Waals surface area contributed by atoms with Crippen molar-refractivity contribution < 1.29 is 25.8 Å². The van der Waals surface area contributed by atoms with Gasteiger partial charge in [-0.25, -0.2) is 0 Å². The number of aryl methyl sites for hydroxylation is 1. The van der Waals surface area contributed by atoms with Crippen LogP contribution in [0.3, 0.4) is 0 Å². The number of halogens is 3. The molecule has 0 aliphatic heterocycles. The monoisotopic (exact) mass is 292 g/mol. The molecule has 19 heavy (non-hydrogen) atoms. The molecule has 102 valence electrons. The van der Waals surface area contributed by atoms with Crippen molar-refractivity contribution in [2.24, 2.45) is 0 Å². The molecule has 2 rings (SSSR count). The van der Waals surface area contributed by atoms with Crippen molar-refractivity contribution >= 4 is 21.2 Å². The molecule has 0 unspecified atom stereocenters. The van der Waals surface area contributed by atoms with Crippen molar-refractivity contribution in [2.45, 2.75) is 12.4 Å². The van der Waals surface area contributed by atoms with Gasteiger partial charge in [-0.1, -0.05) is 0 Å². The Morgan fingerprint density at radius 1 is 1.11 bits per heavy atom. The van der Waals surface area contributed by atoms with Crippen LogP contribution in [0.2, 0.25) is 0 Å². The van der Waals surface area contributed by atoms with E-state index in [0.29, 0.717) is 5.56 Å². The summed E-state index contributed by atoms with van der Waals surface area (Å²) in [4.78, 5) is 7.70. The highest BCUT2D eigenvalue weighted by molar-refractivity contribution is 7.88. The summed E-state index contributed by atoms with van der Waals surface area (Å²) >= 11 is 0. The van der Waals surface area contributed by atoms with Crippen molar-refractivity contribution in [1.29, 1.82) is 0 Å². The fourth-order valence-electron chi connectivity index (χ4n) is 1.38. The van der Waals surface area contributed by atoms with Gasteiger partial charge in [0.05, 0.1) is 5.52 Å². The maximum absolute atomic E-state index is 12.2. The fourth-order valence-corrected chi connectivity index (χ4v) is 1.85. The Hall–Kier alpha value is -1.90. The number of rotatable bonds is 2. The van der Waals surface area contributed by atoms with Gasteiger partial charge in [-0.15, -0.1) is 0 Å². The van der Waals surface area contributed by atoms with E-state index in [9.17, 15) is 21.6 Å². The van der Waals surface area contributed by atoms with Crippen LogP contribution in [0, 0.1) is 6.92 Å². The lowest BCUT2D eigenvalue weighted by Gasteiger charge is -2.10. The predicted molar refractivity (Wildman–Crippen MR) is 59.9 cm³/mol. The minimum atomic E-state index is -5.72. The molecule has 2 heterocycles. The van der Waals surface area contributed by atoms with Crippen molar-refractivity contribution in [3.63, 3.8) is 0 Å². The third kappa shape index (κ3) is 2.46. The summed E-state index contributed by atoms with van der Waals surface area (Å²) in [6, 6.07) is 2.61. The summed E-state index contributed by atoms with van der Waals surface area (Å²) in [5.41, 5.74) is -4.63. The van der Waals surface area contributed by atoms with Gasteiger partial charge in [-0.05, 0) is 18.6 Å². The molecule has 0 spiro atoms. The number of alkyl halides is 3. The third-order valence-electron chi connectivity index (χ3n) is 2.27. The molecular formula is C10H7F3N2O3S. The highest BCUT2D eigenvalue weighted by atomic mass is 32.2. The largest absolute Gasteiger partial charge is 0.534 e. The van der Waals surface area contributed by atoms with E-state index in [-0.39, 0.29) is 11.0 Å². The van der Waals surface area contributed by atoms with E-state index in [1.165, 1.54) is 6.20 Å². The molecule has 0 atom stereocenters. The van der Waals surface area contributed by atoms with Gasteiger partial charge in [-0.3, -0.25) is 9.97 Å². The molecule has 0 amide bonds. The van der Waals surface area contributed by atoms with Crippen LogP contribution in [-0.2, 0) is 10.1 Å². The lowest BCUT2D eigenvalue weighted by atomic mass is 10.2. The lowest BCUT2D eigenvalue weighted by molar-refractivity contribution is -0.0499. The molecule has 9 heteroatoms. The van der Waals surface area contributed by atoms with Gasteiger partial charge in [0.25, 0.3) is 0 Å². The van der Waals surface area contributed by atoms with Gasteiger partial charge >= 0.3 is 15.6 Å². The Bertz CT molecular complexity index is 728. The summed E-state index contributed by atoms with van der Waals surface area (Å²) in [6.45, 7) is 1.67. The van der Waals surface area contributed by atoms with E-state index in [4.69, 9.17) is 0 Å². The Balaban J connectivity index is 2.57. The summed E-state index contributed by atoms with van der Waals surface area (Å²) in [5, 5.41) is 0. The van der Waals surface area contributed by atoms with E-state index < -0.39 is 21.4 Å². The first-order valence-corrected chi connectivity index (χ1v) is 6.34. The van der Waals surface area contributed by atoms with Gasteiger partial charge in [0, 0.05) is 18.5 Å². The van der Waals surface area contributed by atoms with E-state index in [0.717, 1.165) is 12.3 Å². The van der Waals surface area contributed by atoms with Crippen LogP contribution >= 0.6 is 0 Å². The average molecular weight is 292 g/mol. The zero-order chi connectivity index (χ0) is 14.3. The van der Waals surface area contributed by atoms with Crippen LogP contribution in [0.5, 0.6) is 5.75 Å². The maximum atomic E-state index is 12.2. The molecule has 0 N–H and O–H groups in total. The molecule has 0 radical (unpaired) electrons. The highest BCUT2D eigenvalue weighted by Gasteiger charge is 2.48. The Morgan fingerprint density at radius 3 is 2.32 bits per heavy atom. The number of fused-ring (bicyclic) bond motifs is 1. The summed E-state index contributed by atoms with van der Waals surface area (Å²) in [6.07, 6.45) is 2.48. The number of pyridine rings is 2. The van der Waals surface area contributed by atoms with E-state index >= 15 is 0 Å². The first-order chi connectivity index (χ1) is 8.72. The van der Waals surface area contributed by atoms with Crippen LogP contribution in [0.15, 0.2) is 24.5 Å². The molecule has 0 bridgehead atoms. The van der Waals surface area contributed by atoms with Gasteiger partial charge in [0.15, 0.2) is 5.75 Å². The Morgan fingerprint density at radius 2 is 1.68 bits per heavy atom. The van der Waals surface area contributed by atoms with Crippen molar-refractivity contribution in [1.82, 2.24) is 9.97 Å². The molecule has 0 aliphatic rings. The summed E-state index contributed by atoms with van der Waals surface area (Å²) < 4.78 is 62.7. The van der Waals surface area contributed by atoms with Crippen LogP contribution in [-0.4, -0.2) is 23.9 Å². The zero-order valence-electron chi connectivity index (χ0n) is 9.47. The highest BCUT2D eigenvalue weighted by Crippen LogP contribution is 2.30. The van der Waals surface area contributed by atoms with Gasteiger partial charge in [-0.2, -0.15) is 21.6 Å². The number of nitrogens with zero attached hydrogens (tertiary/aromatic N) is 2. The quantitative estimate of drug-likeness (QED) is 0.626. The van der Waals surface area contributed by atoms with Crippen LogP contribution in [0.4, 0.5) is 13.2 Å². The first-order valence-electron chi connectivity index (χ1n) is 4.93. The van der Waals surface area contributed by atoms with Gasteiger partial charge < -0.3 is 4.18 Å². The van der Waals surface area contributed by atoms with Gasteiger partial charge in [0.2, 0.25) is 0 Å². The average Bonchev–Trinajstić information content (AvgIpc) is 2.28. The molecule has 0 saturated heterocycles. The minimum Gasteiger partial charge on any atom is -0.374 e. The second kappa shape index (κ2) is 4.34. The SMILES string of the molecule is Cc1ccnc2c(OS(=O)(=O)C(F)(F)F)ccnc12. The number of hydrogen-bond donors (Lipinski definition) is 0. The molecule has 2 aromatic rings. The van der Waals surface area contributed by atoms with Crippen LogP contribution < -0.4 is 4.18 Å². The normalized spacial score (nSPS) is 12.6. The summed E-state index contributed by atoms with van der Waals surface area (Å²) in [7, 11) is -5.72. The molecule has 5 nitrogen and oxygen atoms in total. The number of hydrogen-bond acceptors (Lipinski definition) is 5. The standard InChI is InChI=1S/C10H7F3N2O3S/c1-6-2-4-15-9-7(3-5-14-8(6)9)18-19(16,17)10(11,12)13/h2-5H,1H3. The molecule has 0 aliphatic carbocycles. The number of aromatic nitrogens is 2. The lowest BCUT2D eigenvalue weighted by Crippen LogP contribution is -2.28. The van der Waals surface area contributed by atoms with Crippen molar-refractivity contribution in [3.05, 3.63) is 30.1 Å². The van der Waals surface area contributed by atoms with E-state index in [1.807, 2.05) is 0 Å². The van der Waals surface area contributed by atoms with Gasteiger partial charge in [0.1, 0.15) is 5.52 Å². The second-order valence-corrected chi connectivity index (χ2v) is 5.16. The third-order valence-corrected chi connectivity index (χ3v) is 3.24. The van der Waals surface area contributed by atoms with Crippen molar-refractivity contribution in [2.75, 3.05) is 0 Å². The molecule has 2 aromatic heterocycles. The van der Waals surface area contributed by atoms with Crippen LogP contribution in [0.25, 0.3) is 11.0 Å². The van der Waals surface area contributed by atoms with E-state index in [2.05, 4.69) is 14.2 Å². The zero-order valence-corrected chi connectivity index (χ0v) is 10.3. The predicted octanol–water partition coefficient (Wildman–Crippen LogP) is 2.17. The minimum absolute atomic E-state index is 0.0460. The van der Waals surface area contributed by atoms with Crippen LogP contribution in [0.1, 0.15) is 5.56 Å². The molecular weight excluding hydrogens is 285 g/mol. The summed E-state index contributed by atoms with van der Waals surface area (Å²) in [5.74, 6) is -0.508. The fraction of sp³-hybridized carbons (Fsp3) is 0.200. The molecule has 0 saturated carbocycles. The Kier molecular flexibility index (Phi) is 3.09. The van der Waals surface area contributed by atoms with Crippen molar-refractivity contribution in [3.8, 4) is 5.75 Å². The molecule has 0 fully saturated rings.